The quantitative estimate of drug-likeness (QED) is 0.674. The standard InChI is InChI=1S/C18H18ClN3O/c19-17-7-5-16(6-8-17)18(23,12-20)9-13-1-3-14(4-2-13)15-10-21-22-11-15/h1-8,10-11,23H,9,12,20H2,(H,21,22). The molecular formula is C18H18ClN3O. The van der Waals surface area contributed by atoms with Gasteiger partial charge in [0, 0.05) is 29.7 Å². The summed E-state index contributed by atoms with van der Waals surface area (Å²) in [5.41, 5.74) is 8.61. The molecule has 0 fully saturated rings. The maximum absolute atomic E-state index is 10.9. The van der Waals surface area contributed by atoms with Crippen LogP contribution in [-0.2, 0) is 12.0 Å². The van der Waals surface area contributed by atoms with E-state index < -0.39 is 5.60 Å². The maximum Gasteiger partial charge on any atom is 0.106 e. The fourth-order valence-corrected chi connectivity index (χ4v) is 2.74. The molecule has 0 aliphatic rings. The molecule has 5 heteroatoms. The van der Waals surface area contributed by atoms with Gasteiger partial charge in [0.15, 0.2) is 0 Å². The van der Waals surface area contributed by atoms with Gasteiger partial charge in [-0.2, -0.15) is 5.10 Å². The molecular weight excluding hydrogens is 310 g/mol. The smallest absolute Gasteiger partial charge is 0.106 e. The lowest BCUT2D eigenvalue weighted by Crippen LogP contribution is -2.37. The Kier molecular flexibility index (Phi) is 4.48. The normalized spacial score (nSPS) is 13.7. The van der Waals surface area contributed by atoms with Crippen molar-refractivity contribution in [3.8, 4) is 11.1 Å². The van der Waals surface area contributed by atoms with Crippen LogP contribution in [0.15, 0.2) is 60.9 Å². The van der Waals surface area contributed by atoms with E-state index >= 15 is 0 Å². The predicted octanol–water partition coefficient (Wildman–Crippen LogP) is 3.12. The molecule has 0 aliphatic carbocycles. The number of hydrogen-bond acceptors (Lipinski definition) is 3. The van der Waals surface area contributed by atoms with Crippen molar-refractivity contribution in [1.82, 2.24) is 10.2 Å². The summed E-state index contributed by atoms with van der Waals surface area (Å²) in [6, 6.07) is 15.2. The van der Waals surface area contributed by atoms with Gasteiger partial charge in [-0.05, 0) is 28.8 Å². The van der Waals surface area contributed by atoms with Crippen LogP contribution in [0.25, 0.3) is 11.1 Å². The van der Waals surface area contributed by atoms with Crippen LogP contribution in [0.5, 0.6) is 0 Å². The fraction of sp³-hybridized carbons (Fsp3) is 0.167. The minimum atomic E-state index is -1.11. The number of nitrogens with zero attached hydrogens (tertiary/aromatic N) is 1. The van der Waals surface area contributed by atoms with Crippen LogP contribution in [0.1, 0.15) is 11.1 Å². The Morgan fingerprint density at radius 2 is 1.74 bits per heavy atom. The first-order valence-electron chi connectivity index (χ1n) is 7.37. The summed E-state index contributed by atoms with van der Waals surface area (Å²) in [5.74, 6) is 0. The molecule has 1 unspecified atom stereocenters. The summed E-state index contributed by atoms with van der Waals surface area (Å²) in [7, 11) is 0. The number of H-pyrrole nitrogens is 1. The van der Waals surface area contributed by atoms with Crippen LogP contribution < -0.4 is 5.73 Å². The van der Waals surface area contributed by atoms with Crippen LogP contribution in [0, 0.1) is 0 Å². The van der Waals surface area contributed by atoms with Crippen molar-refractivity contribution in [3.63, 3.8) is 0 Å². The van der Waals surface area contributed by atoms with Crippen molar-refractivity contribution in [2.24, 2.45) is 5.73 Å². The second kappa shape index (κ2) is 6.54. The number of benzene rings is 2. The third-order valence-corrected chi connectivity index (χ3v) is 4.25. The number of aromatic nitrogens is 2. The molecule has 0 amide bonds. The lowest BCUT2D eigenvalue weighted by atomic mass is 9.87. The Bertz CT molecular complexity index is 754. The lowest BCUT2D eigenvalue weighted by Gasteiger charge is -2.27. The Balaban J connectivity index is 1.82. The maximum atomic E-state index is 10.9. The molecule has 0 bridgehead atoms. The number of nitrogens with one attached hydrogen (secondary N) is 1. The minimum absolute atomic E-state index is 0.137. The molecule has 3 rings (SSSR count). The highest BCUT2D eigenvalue weighted by atomic mass is 35.5. The molecule has 0 saturated carbocycles. The number of aliphatic hydroxyl groups is 1. The third-order valence-electron chi connectivity index (χ3n) is 4.00. The van der Waals surface area contributed by atoms with Crippen molar-refractivity contribution in [3.05, 3.63) is 77.1 Å². The van der Waals surface area contributed by atoms with Gasteiger partial charge in [-0.15, -0.1) is 0 Å². The van der Waals surface area contributed by atoms with Gasteiger partial charge >= 0.3 is 0 Å². The van der Waals surface area contributed by atoms with E-state index in [2.05, 4.69) is 10.2 Å². The van der Waals surface area contributed by atoms with Gasteiger partial charge in [-0.3, -0.25) is 5.10 Å². The largest absolute Gasteiger partial charge is 0.383 e. The molecule has 118 valence electrons. The SMILES string of the molecule is NCC(O)(Cc1ccc(-c2cn[nH]c2)cc1)c1ccc(Cl)cc1. The first kappa shape index (κ1) is 15.7. The Morgan fingerprint density at radius 3 is 2.30 bits per heavy atom. The summed E-state index contributed by atoms with van der Waals surface area (Å²) in [5, 5.41) is 18.3. The average molecular weight is 328 g/mol. The van der Waals surface area contributed by atoms with E-state index in [-0.39, 0.29) is 6.54 Å². The monoisotopic (exact) mass is 327 g/mol. The first-order chi connectivity index (χ1) is 11.1. The van der Waals surface area contributed by atoms with Crippen LogP contribution in [-0.4, -0.2) is 21.8 Å². The lowest BCUT2D eigenvalue weighted by molar-refractivity contribution is 0.0463. The van der Waals surface area contributed by atoms with E-state index in [1.807, 2.05) is 42.6 Å². The molecule has 4 nitrogen and oxygen atoms in total. The second-order valence-electron chi connectivity index (χ2n) is 5.60. The van der Waals surface area contributed by atoms with Crippen LogP contribution >= 0.6 is 11.6 Å². The van der Waals surface area contributed by atoms with Crippen LogP contribution in [0.2, 0.25) is 5.02 Å². The van der Waals surface area contributed by atoms with Gasteiger partial charge in [-0.25, -0.2) is 0 Å². The molecule has 4 N–H and O–H groups in total. The third kappa shape index (κ3) is 3.45. The molecule has 1 aromatic heterocycles. The van der Waals surface area contributed by atoms with Gasteiger partial charge in [0.1, 0.15) is 5.60 Å². The topological polar surface area (TPSA) is 74.9 Å². The number of aromatic amines is 1. The Labute approximate surface area is 139 Å². The van der Waals surface area contributed by atoms with Crippen LogP contribution in [0.3, 0.4) is 0 Å². The second-order valence-corrected chi connectivity index (χ2v) is 6.04. The summed E-state index contributed by atoms with van der Waals surface area (Å²) in [6.45, 7) is 0.137. The molecule has 0 spiro atoms. The van der Waals surface area contributed by atoms with Gasteiger partial charge < -0.3 is 10.8 Å². The van der Waals surface area contributed by atoms with E-state index in [4.69, 9.17) is 17.3 Å². The summed E-state index contributed by atoms with van der Waals surface area (Å²) < 4.78 is 0. The summed E-state index contributed by atoms with van der Waals surface area (Å²) in [6.07, 6.45) is 4.06. The zero-order valence-electron chi connectivity index (χ0n) is 12.5. The van der Waals surface area contributed by atoms with Gasteiger partial charge in [-0.1, -0.05) is 48.0 Å². The molecule has 0 radical (unpaired) electrons. The number of halogens is 1. The number of hydrogen-bond donors (Lipinski definition) is 3. The first-order valence-corrected chi connectivity index (χ1v) is 7.75. The molecule has 1 atom stereocenters. The van der Waals surface area contributed by atoms with Crippen molar-refractivity contribution in [2.75, 3.05) is 6.54 Å². The van der Waals surface area contributed by atoms with E-state index in [1.54, 1.807) is 18.3 Å². The van der Waals surface area contributed by atoms with E-state index in [0.717, 1.165) is 22.3 Å². The van der Waals surface area contributed by atoms with E-state index in [9.17, 15) is 5.11 Å². The van der Waals surface area contributed by atoms with Gasteiger partial charge in [0.25, 0.3) is 0 Å². The minimum Gasteiger partial charge on any atom is -0.383 e. The highest BCUT2D eigenvalue weighted by Gasteiger charge is 2.27. The van der Waals surface area contributed by atoms with E-state index in [1.165, 1.54) is 0 Å². The summed E-state index contributed by atoms with van der Waals surface area (Å²) >= 11 is 5.91. The van der Waals surface area contributed by atoms with Gasteiger partial charge in [0.2, 0.25) is 0 Å². The van der Waals surface area contributed by atoms with Crippen molar-refractivity contribution in [1.29, 1.82) is 0 Å². The molecule has 23 heavy (non-hydrogen) atoms. The zero-order valence-corrected chi connectivity index (χ0v) is 13.3. The van der Waals surface area contributed by atoms with E-state index in [0.29, 0.717) is 11.4 Å². The van der Waals surface area contributed by atoms with Crippen molar-refractivity contribution >= 4 is 11.6 Å². The molecule has 1 heterocycles. The predicted molar refractivity (Wildman–Crippen MR) is 92.1 cm³/mol. The van der Waals surface area contributed by atoms with Gasteiger partial charge in [0.05, 0.1) is 6.20 Å². The summed E-state index contributed by atoms with van der Waals surface area (Å²) in [4.78, 5) is 0. The highest BCUT2D eigenvalue weighted by molar-refractivity contribution is 6.30. The molecule has 0 aliphatic heterocycles. The zero-order chi connectivity index (χ0) is 16.3. The van der Waals surface area contributed by atoms with Crippen LogP contribution in [0.4, 0.5) is 0 Å². The van der Waals surface area contributed by atoms with Crippen molar-refractivity contribution in [2.45, 2.75) is 12.0 Å². The fourth-order valence-electron chi connectivity index (χ4n) is 2.61. The Hall–Kier alpha value is -2.14. The molecule has 3 aromatic rings. The molecule has 0 saturated heterocycles. The average Bonchev–Trinajstić information content (AvgIpc) is 3.10. The number of nitrogens with two attached hydrogens (primary N) is 1. The van der Waals surface area contributed by atoms with Crippen molar-refractivity contribution < 1.29 is 5.11 Å². The number of rotatable bonds is 5. The Morgan fingerprint density at radius 1 is 1.04 bits per heavy atom. The highest BCUT2D eigenvalue weighted by Crippen LogP contribution is 2.27. The molecule has 2 aromatic carbocycles.